The molecule has 4 rings (SSSR count). The first-order valence-electron chi connectivity index (χ1n) is 8.26. The molecule has 7 heteroatoms. The molecule has 0 N–H and O–H groups in total. The van der Waals surface area contributed by atoms with Gasteiger partial charge in [0.15, 0.2) is 22.9 Å². The van der Waals surface area contributed by atoms with Crippen LogP contribution >= 0.6 is 11.3 Å². The quantitative estimate of drug-likeness (QED) is 0.711. The van der Waals surface area contributed by atoms with E-state index in [2.05, 4.69) is 4.99 Å². The van der Waals surface area contributed by atoms with E-state index in [9.17, 15) is 4.79 Å². The number of thiazole rings is 1. The molecule has 134 valence electrons. The zero-order chi connectivity index (χ0) is 18.1. The summed E-state index contributed by atoms with van der Waals surface area (Å²) < 4.78 is 19.6. The second-order valence-electron chi connectivity index (χ2n) is 6.02. The Bertz CT molecular complexity index is 1050. The first kappa shape index (κ1) is 16.7. The van der Waals surface area contributed by atoms with Crippen molar-refractivity contribution in [3.63, 3.8) is 0 Å². The number of fused-ring (bicyclic) bond motifs is 2. The average Bonchev–Trinajstić information content (AvgIpc) is 2.93. The number of carbonyl (C=O) groups excluding carboxylic acids is 1. The zero-order valence-corrected chi connectivity index (χ0v) is 15.3. The van der Waals surface area contributed by atoms with Gasteiger partial charge >= 0.3 is 0 Å². The number of benzene rings is 2. The Hall–Kier alpha value is -2.80. The summed E-state index contributed by atoms with van der Waals surface area (Å²) in [7, 11) is 1.88. The first-order valence-corrected chi connectivity index (χ1v) is 9.08. The minimum atomic E-state index is -0.328. The number of aryl methyl sites for hydroxylation is 2. The van der Waals surface area contributed by atoms with Crippen molar-refractivity contribution in [3.05, 3.63) is 46.8 Å². The molecule has 1 aliphatic rings. The van der Waals surface area contributed by atoms with E-state index >= 15 is 0 Å². The number of nitrogens with zero attached hydrogens (tertiary/aromatic N) is 2. The van der Waals surface area contributed by atoms with Crippen LogP contribution in [-0.4, -0.2) is 30.3 Å². The van der Waals surface area contributed by atoms with E-state index in [4.69, 9.17) is 14.2 Å². The largest absolute Gasteiger partial charge is 0.486 e. The Morgan fingerprint density at radius 2 is 2.00 bits per heavy atom. The van der Waals surface area contributed by atoms with Crippen LogP contribution in [0.4, 0.5) is 0 Å². The number of carbonyl (C=O) groups is 1. The van der Waals surface area contributed by atoms with Gasteiger partial charge < -0.3 is 18.8 Å². The molecular formula is C19H18N2O4S. The topological polar surface area (TPSA) is 62.0 Å². The van der Waals surface area contributed by atoms with E-state index in [1.54, 1.807) is 0 Å². The van der Waals surface area contributed by atoms with E-state index in [0.29, 0.717) is 23.8 Å². The van der Waals surface area contributed by atoms with E-state index in [1.807, 2.05) is 54.9 Å². The van der Waals surface area contributed by atoms with Crippen molar-refractivity contribution >= 4 is 27.5 Å². The van der Waals surface area contributed by atoms with Crippen molar-refractivity contribution in [1.29, 1.82) is 0 Å². The van der Waals surface area contributed by atoms with Crippen LogP contribution in [0.3, 0.4) is 0 Å². The van der Waals surface area contributed by atoms with Gasteiger partial charge in [0.2, 0.25) is 0 Å². The van der Waals surface area contributed by atoms with Gasteiger partial charge in [0.05, 0.1) is 10.2 Å². The van der Waals surface area contributed by atoms with E-state index in [-0.39, 0.29) is 12.5 Å². The SMILES string of the molecule is Cc1cccc(OCC(=O)N=c2sc3cc4c(cc3n2C)OCCO4)c1. The molecule has 2 heterocycles. The molecule has 6 nitrogen and oxygen atoms in total. The molecule has 1 amide bonds. The fourth-order valence-corrected chi connectivity index (χ4v) is 3.81. The number of hydrogen-bond acceptors (Lipinski definition) is 5. The summed E-state index contributed by atoms with van der Waals surface area (Å²) in [6.45, 7) is 2.96. The van der Waals surface area contributed by atoms with E-state index in [0.717, 1.165) is 27.3 Å². The fraction of sp³-hybridized carbons (Fsp3) is 0.263. The van der Waals surface area contributed by atoms with Gasteiger partial charge in [-0.25, -0.2) is 0 Å². The Balaban J connectivity index is 1.59. The molecule has 0 spiro atoms. The smallest absolute Gasteiger partial charge is 0.286 e. The van der Waals surface area contributed by atoms with Crippen LogP contribution in [0.15, 0.2) is 41.4 Å². The molecule has 2 aromatic carbocycles. The Labute approximate surface area is 154 Å². The third-order valence-electron chi connectivity index (χ3n) is 4.05. The maximum atomic E-state index is 12.2. The van der Waals surface area contributed by atoms with Gasteiger partial charge in [0.25, 0.3) is 5.91 Å². The van der Waals surface area contributed by atoms with Gasteiger partial charge in [0, 0.05) is 19.2 Å². The molecule has 1 aromatic heterocycles. The molecule has 0 radical (unpaired) electrons. The second kappa shape index (κ2) is 6.84. The van der Waals surface area contributed by atoms with Gasteiger partial charge in [-0.2, -0.15) is 4.99 Å². The van der Waals surface area contributed by atoms with Gasteiger partial charge in [-0.05, 0) is 24.6 Å². The lowest BCUT2D eigenvalue weighted by Crippen LogP contribution is -2.17. The number of ether oxygens (including phenoxy) is 3. The molecule has 0 saturated carbocycles. The van der Waals surface area contributed by atoms with Gasteiger partial charge in [-0.3, -0.25) is 4.79 Å². The van der Waals surface area contributed by atoms with Crippen molar-refractivity contribution in [2.45, 2.75) is 6.92 Å². The molecule has 0 unspecified atom stereocenters. The highest BCUT2D eigenvalue weighted by atomic mass is 32.1. The molecule has 0 aliphatic carbocycles. The van der Waals surface area contributed by atoms with Gasteiger partial charge in [-0.15, -0.1) is 0 Å². The van der Waals surface area contributed by atoms with Crippen molar-refractivity contribution in [2.75, 3.05) is 19.8 Å². The van der Waals surface area contributed by atoms with Crippen LogP contribution < -0.4 is 19.0 Å². The van der Waals surface area contributed by atoms with Gasteiger partial charge in [0.1, 0.15) is 19.0 Å². The Morgan fingerprint density at radius 1 is 1.23 bits per heavy atom. The number of rotatable bonds is 3. The zero-order valence-electron chi connectivity index (χ0n) is 14.5. The predicted molar refractivity (Wildman–Crippen MR) is 99.0 cm³/mol. The predicted octanol–water partition coefficient (Wildman–Crippen LogP) is 2.83. The first-order chi connectivity index (χ1) is 12.6. The monoisotopic (exact) mass is 370 g/mol. The Morgan fingerprint density at radius 3 is 2.77 bits per heavy atom. The highest BCUT2D eigenvalue weighted by Gasteiger charge is 2.15. The summed E-state index contributed by atoms with van der Waals surface area (Å²) in [5.41, 5.74) is 2.03. The van der Waals surface area contributed by atoms with Crippen LogP contribution in [0.5, 0.6) is 17.2 Å². The molecule has 0 fully saturated rings. The van der Waals surface area contributed by atoms with Gasteiger partial charge in [-0.1, -0.05) is 23.5 Å². The number of hydrogen-bond donors (Lipinski definition) is 0. The standard InChI is InChI=1S/C19H18N2O4S/c1-12-4-3-5-13(8-12)25-11-18(22)20-19-21(2)14-9-15-16(10-17(14)26-19)24-7-6-23-15/h3-5,8-10H,6-7,11H2,1-2H3. The highest BCUT2D eigenvalue weighted by Crippen LogP contribution is 2.35. The fourth-order valence-electron chi connectivity index (χ4n) is 2.76. The summed E-state index contributed by atoms with van der Waals surface area (Å²) in [4.78, 5) is 17.0. The molecule has 0 atom stereocenters. The van der Waals surface area contributed by atoms with E-state index < -0.39 is 0 Å². The van der Waals surface area contributed by atoms with Crippen molar-refractivity contribution in [1.82, 2.24) is 4.57 Å². The van der Waals surface area contributed by atoms with Crippen LogP contribution in [-0.2, 0) is 11.8 Å². The molecule has 0 saturated heterocycles. The third kappa shape index (κ3) is 3.30. The second-order valence-corrected chi connectivity index (χ2v) is 7.03. The van der Waals surface area contributed by atoms with Crippen molar-refractivity contribution < 1.29 is 19.0 Å². The van der Waals surface area contributed by atoms with Crippen molar-refractivity contribution in [3.8, 4) is 17.2 Å². The maximum Gasteiger partial charge on any atom is 0.286 e. The number of aromatic nitrogens is 1. The summed E-state index contributed by atoms with van der Waals surface area (Å²) >= 11 is 1.43. The lowest BCUT2D eigenvalue weighted by atomic mass is 10.2. The molecule has 26 heavy (non-hydrogen) atoms. The van der Waals surface area contributed by atoms with E-state index in [1.165, 1.54) is 11.3 Å². The molecule has 3 aromatic rings. The normalized spacial score (nSPS) is 13.8. The summed E-state index contributed by atoms with van der Waals surface area (Å²) in [6.07, 6.45) is 0. The summed E-state index contributed by atoms with van der Waals surface area (Å²) in [5, 5.41) is 0. The minimum absolute atomic E-state index is 0.0968. The van der Waals surface area contributed by atoms with Crippen LogP contribution in [0, 0.1) is 6.92 Å². The highest BCUT2D eigenvalue weighted by molar-refractivity contribution is 7.16. The van der Waals surface area contributed by atoms with Crippen LogP contribution in [0.25, 0.3) is 10.2 Å². The van der Waals surface area contributed by atoms with Crippen molar-refractivity contribution in [2.24, 2.45) is 12.0 Å². The summed E-state index contributed by atoms with van der Waals surface area (Å²) in [5.74, 6) is 1.78. The number of amides is 1. The van der Waals surface area contributed by atoms with Crippen LogP contribution in [0.1, 0.15) is 5.56 Å². The average molecular weight is 370 g/mol. The third-order valence-corrected chi connectivity index (χ3v) is 5.14. The van der Waals surface area contributed by atoms with Crippen LogP contribution in [0.2, 0.25) is 0 Å². The lowest BCUT2D eigenvalue weighted by Gasteiger charge is -2.18. The summed E-state index contributed by atoms with van der Waals surface area (Å²) in [6, 6.07) is 11.4. The maximum absolute atomic E-state index is 12.2. The lowest BCUT2D eigenvalue weighted by molar-refractivity contribution is -0.120. The molecule has 1 aliphatic heterocycles. The Kier molecular flexibility index (Phi) is 4.38. The minimum Gasteiger partial charge on any atom is -0.486 e. The molecular weight excluding hydrogens is 352 g/mol. The molecule has 0 bridgehead atoms.